The third-order valence-electron chi connectivity index (χ3n) is 4.48. The number of halogens is 2. The van der Waals surface area contributed by atoms with E-state index in [9.17, 15) is 0 Å². The molecule has 2 N–H and O–H groups in total. The lowest BCUT2D eigenvalue weighted by molar-refractivity contribution is 0.225. The molecular weight excluding hydrogens is 295 g/mol. The van der Waals surface area contributed by atoms with Crippen LogP contribution in [-0.4, -0.2) is 37.2 Å². The van der Waals surface area contributed by atoms with Crippen molar-refractivity contribution < 1.29 is 4.74 Å². The Balaban J connectivity index is 0.00000147. The van der Waals surface area contributed by atoms with Crippen LogP contribution in [0.15, 0.2) is 24.3 Å². The average Bonchev–Trinajstić information content (AvgIpc) is 2.95. The van der Waals surface area contributed by atoms with E-state index in [1.807, 2.05) is 24.3 Å². The van der Waals surface area contributed by atoms with Gasteiger partial charge in [-0.15, -0.1) is 12.4 Å². The monoisotopic (exact) mass is 316 g/mol. The van der Waals surface area contributed by atoms with E-state index in [2.05, 4.69) is 4.90 Å². The van der Waals surface area contributed by atoms with E-state index in [0.717, 1.165) is 42.3 Å². The molecule has 3 unspecified atom stereocenters. The molecule has 1 saturated heterocycles. The van der Waals surface area contributed by atoms with E-state index in [-0.39, 0.29) is 12.4 Å². The van der Waals surface area contributed by atoms with Gasteiger partial charge in [0.05, 0.1) is 0 Å². The van der Waals surface area contributed by atoms with Gasteiger partial charge in [-0.1, -0.05) is 11.6 Å². The summed E-state index contributed by atoms with van der Waals surface area (Å²) in [5, 5.41) is 0.744. The van der Waals surface area contributed by atoms with Crippen LogP contribution in [0.2, 0.25) is 5.02 Å². The Bertz CT molecular complexity index is 426. The summed E-state index contributed by atoms with van der Waals surface area (Å²) in [4.78, 5) is 2.49. The topological polar surface area (TPSA) is 38.5 Å². The fraction of sp³-hybridized carbons (Fsp3) is 0.600. The zero-order valence-corrected chi connectivity index (χ0v) is 13.1. The standard InChI is InChI=1S/C15H21ClN2O.ClH/c16-12-2-4-13(5-3-12)19-8-7-18-9-11-1-6-15(17)14(11)10-18;/h2-5,11,14-15H,1,6-10,17H2;1H. The molecule has 112 valence electrons. The van der Waals surface area contributed by atoms with Gasteiger partial charge < -0.3 is 10.5 Å². The molecule has 1 aliphatic carbocycles. The van der Waals surface area contributed by atoms with Gasteiger partial charge in [-0.25, -0.2) is 0 Å². The van der Waals surface area contributed by atoms with E-state index in [1.165, 1.54) is 19.4 Å². The fourth-order valence-electron chi connectivity index (χ4n) is 3.41. The van der Waals surface area contributed by atoms with E-state index in [1.54, 1.807) is 0 Å². The Morgan fingerprint density at radius 3 is 2.65 bits per heavy atom. The second kappa shape index (κ2) is 6.99. The van der Waals surface area contributed by atoms with Crippen LogP contribution in [0.25, 0.3) is 0 Å². The summed E-state index contributed by atoms with van der Waals surface area (Å²) >= 11 is 5.84. The number of hydrogen-bond donors (Lipinski definition) is 1. The van der Waals surface area contributed by atoms with E-state index >= 15 is 0 Å². The molecule has 0 bridgehead atoms. The Kier molecular flexibility index (Phi) is 5.56. The number of nitrogens with zero attached hydrogens (tertiary/aromatic N) is 1. The third-order valence-corrected chi connectivity index (χ3v) is 4.73. The zero-order valence-electron chi connectivity index (χ0n) is 11.5. The highest BCUT2D eigenvalue weighted by atomic mass is 35.5. The summed E-state index contributed by atoms with van der Waals surface area (Å²) in [5.74, 6) is 2.43. The van der Waals surface area contributed by atoms with E-state index < -0.39 is 0 Å². The maximum atomic E-state index is 6.15. The van der Waals surface area contributed by atoms with Crippen LogP contribution in [0.1, 0.15) is 12.8 Å². The molecule has 20 heavy (non-hydrogen) atoms. The predicted molar refractivity (Wildman–Crippen MR) is 84.8 cm³/mol. The van der Waals surface area contributed by atoms with Gasteiger partial charge in [0.25, 0.3) is 0 Å². The van der Waals surface area contributed by atoms with Crippen LogP contribution in [0.5, 0.6) is 5.75 Å². The predicted octanol–water partition coefficient (Wildman–Crippen LogP) is 2.81. The van der Waals surface area contributed by atoms with Gasteiger partial charge in [0.15, 0.2) is 0 Å². The number of likely N-dealkylation sites (tertiary alicyclic amines) is 1. The van der Waals surface area contributed by atoms with Crippen LogP contribution < -0.4 is 10.5 Å². The molecule has 1 aromatic carbocycles. The highest BCUT2D eigenvalue weighted by Gasteiger charge is 2.40. The number of hydrogen-bond acceptors (Lipinski definition) is 3. The lowest BCUT2D eigenvalue weighted by atomic mass is 9.98. The molecule has 3 nitrogen and oxygen atoms in total. The summed E-state index contributed by atoms with van der Waals surface area (Å²) in [6.45, 7) is 4.07. The SMILES string of the molecule is Cl.NC1CCC2CN(CCOc3ccc(Cl)cc3)CC12. The fourth-order valence-corrected chi connectivity index (χ4v) is 3.53. The molecule has 2 aliphatic rings. The molecule has 1 aromatic rings. The van der Waals surface area contributed by atoms with Gasteiger partial charge in [-0.3, -0.25) is 4.90 Å². The molecule has 1 heterocycles. The van der Waals surface area contributed by atoms with Crippen LogP contribution in [0, 0.1) is 11.8 Å². The Hall–Kier alpha value is -0.480. The van der Waals surface area contributed by atoms with Gasteiger partial charge in [0.1, 0.15) is 12.4 Å². The average molecular weight is 317 g/mol. The van der Waals surface area contributed by atoms with Crippen LogP contribution in [0.4, 0.5) is 0 Å². The highest BCUT2D eigenvalue weighted by Crippen LogP contribution is 2.36. The van der Waals surface area contributed by atoms with Gasteiger partial charge in [-0.05, 0) is 48.9 Å². The number of nitrogens with two attached hydrogens (primary N) is 1. The van der Waals surface area contributed by atoms with Crippen molar-refractivity contribution in [1.29, 1.82) is 0 Å². The van der Waals surface area contributed by atoms with Gasteiger partial charge in [-0.2, -0.15) is 0 Å². The van der Waals surface area contributed by atoms with Crippen molar-refractivity contribution in [3.05, 3.63) is 29.3 Å². The van der Waals surface area contributed by atoms with E-state index in [0.29, 0.717) is 6.04 Å². The molecule has 0 aromatic heterocycles. The smallest absolute Gasteiger partial charge is 0.119 e. The summed E-state index contributed by atoms with van der Waals surface area (Å²) in [6, 6.07) is 7.97. The first kappa shape index (κ1) is 15.9. The second-order valence-corrected chi connectivity index (χ2v) is 6.16. The lowest BCUT2D eigenvalue weighted by Gasteiger charge is -2.18. The molecule has 0 radical (unpaired) electrons. The van der Waals surface area contributed by atoms with Gasteiger partial charge in [0.2, 0.25) is 0 Å². The number of benzene rings is 1. The first-order valence-electron chi connectivity index (χ1n) is 7.08. The minimum atomic E-state index is 0. The van der Waals surface area contributed by atoms with Gasteiger partial charge >= 0.3 is 0 Å². The number of ether oxygens (including phenoxy) is 1. The molecule has 5 heteroatoms. The Morgan fingerprint density at radius 2 is 1.95 bits per heavy atom. The molecule has 2 fully saturated rings. The van der Waals surface area contributed by atoms with Crippen molar-refractivity contribution in [2.45, 2.75) is 18.9 Å². The van der Waals surface area contributed by atoms with Gasteiger partial charge in [0, 0.05) is 30.7 Å². The summed E-state index contributed by atoms with van der Waals surface area (Å²) < 4.78 is 5.74. The second-order valence-electron chi connectivity index (χ2n) is 5.73. The van der Waals surface area contributed by atoms with E-state index in [4.69, 9.17) is 22.1 Å². The molecule has 3 rings (SSSR count). The van der Waals surface area contributed by atoms with Crippen LogP contribution in [0.3, 0.4) is 0 Å². The van der Waals surface area contributed by atoms with Crippen molar-refractivity contribution in [2.24, 2.45) is 17.6 Å². The Morgan fingerprint density at radius 1 is 1.20 bits per heavy atom. The molecule has 1 aliphatic heterocycles. The van der Waals surface area contributed by atoms with Crippen molar-refractivity contribution in [3.63, 3.8) is 0 Å². The summed E-state index contributed by atoms with van der Waals surface area (Å²) in [6.07, 6.45) is 2.52. The Labute approximate surface area is 131 Å². The zero-order chi connectivity index (χ0) is 13.2. The summed E-state index contributed by atoms with van der Waals surface area (Å²) in [5.41, 5.74) is 6.15. The molecular formula is C15H22Cl2N2O. The maximum absolute atomic E-state index is 6.15. The van der Waals surface area contributed by atoms with Crippen molar-refractivity contribution in [2.75, 3.05) is 26.2 Å². The normalized spacial score (nSPS) is 29.0. The largest absolute Gasteiger partial charge is 0.492 e. The molecule has 1 saturated carbocycles. The molecule has 3 atom stereocenters. The third kappa shape index (κ3) is 3.59. The number of fused-ring (bicyclic) bond motifs is 1. The lowest BCUT2D eigenvalue weighted by Crippen LogP contribution is -2.32. The minimum Gasteiger partial charge on any atom is -0.492 e. The maximum Gasteiger partial charge on any atom is 0.119 e. The summed E-state index contributed by atoms with van der Waals surface area (Å²) in [7, 11) is 0. The first-order chi connectivity index (χ1) is 9.22. The quantitative estimate of drug-likeness (QED) is 0.928. The van der Waals surface area contributed by atoms with Crippen molar-refractivity contribution in [3.8, 4) is 5.75 Å². The minimum absolute atomic E-state index is 0. The van der Waals surface area contributed by atoms with Crippen LogP contribution in [-0.2, 0) is 0 Å². The first-order valence-corrected chi connectivity index (χ1v) is 7.46. The van der Waals surface area contributed by atoms with Crippen molar-refractivity contribution in [1.82, 2.24) is 4.90 Å². The van der Waals surface area contributed by atoms with Crippen molar-refractivity contribution >= 4 is 24.0 Å². The highest BCUT2D eigenvalue weighted by molar-refractivity contribution is 6.30. The van der Waals surface area contributed by atoms with Crippen LogP contribution >= 0.6 is 24.0 Å². The number of rotatable bonds is 4. The molecule has 0 spiro atoms. The molecule has 0 amide bonds.